The molecule has 160 valence electrons. The van der Waals surface area contributed by atoms with Crippen LogP contribution in [0, 0.1) is 5.82 Å². The van der Waals surface area contributed by atoms with Crippen LogP contribution in [0.1, 0.15) is 11.1 Å². The lowest BCUT2D eigenvalue weighted by Crippen LogP contribution is -2.39. The Labute approximate surface area is 189 Å². The smallest absolute Gasteiger partial charge is 0.245 e. The first-order chi connectivity index (χ1) is 14.8. The summed E-state index contributed by atoms with van der Waals surface area (Å²) in [4.78, 5) is 14.6. The molecule has 31 heavy (non-hydrogen) atoms. The van der Waals surface area contributed by atoms with Crippen LogP contribution in [-0.2, 0) is 27.9 Å². The van der Waals surface area contributed by atoms with Crippen LogP contribution < -0.4 is 4.90 Å². The summed E-state index contributed by atoms with van der Waals surface area (Å²) in [6.07, 6.45) is 0. The van der Waals surface area contributed by atoms with Gasteiger partial charge in [0.05, 0.1) is 18.8 Å². The highest BCUT2D eigenvalue weighted by atomic mass is 35.5. The van der Waals surface area contributed by atoms with Crippen molar-refractivity contribution in [3.05, 3.63) is 93.7 Å². The summed E-state index contributed by atoms with van der Waals surface area (Å²) in [6, 6.07) is 17.3. The molecule has 0 N–H and O–H groups in total. The van der Waals surface area contributed by atoms with Crippen LogP contribution in [0.2, 0.25) is 10.0 Å². The van der Waals surface area contributed by atoms with Gasteiger partial charge in [-0.15, -0.1) is 0 Å². The molecule has 0 saturated heterocycles. The summed E-state index contributed by atoms with van der Waals surface area (Å²) in [5.41, 5.74) is 1.07. The molecule has 0 radical (unpaired) electrons. The van der Waals surface area contributed by atoms with Crippen molar-refractivity contribution >= 4 is 44.8 Å². The fourth-order valence-electron chi connectivity index (χ4n) is 3.44. The number of amides is 1. The number of nitrogens with zero attached hydrogens (tertiary/aromatic N) is 2. The number of hydrogen-bond donors (Lipinski definition) is 0. The summed E-state index contributed by atoms with van der Waals surface area (Å²) in [5, 5.41) is 0.653. The van der Waals surface area contributed by atoms with Crippen molar-refractivity contribution < 1.29 is 17.6 Å². The Bertz CT molecular complexity index is 1230. The maximum absolute atomic E-state index is 14.3. The first-order valence-electron chi connectivity index (χ1n) is 9.34. The second-order valence-electron chi connectivity index (χ2n) is 7.05. The van der Waals surface area contributed by atoms with Gasteiger partial charge in [0.25, 0.3) is 0 Å². The molecule has 1 aliphatic heterocycles. The Morgan fingerprint density at radius 3 is 2.32 bits per heavy atom. The Morgan fingerprint density at radius 2 is 1.61 bits per heavy atom. The molecule has 0 fully saturated rings. The number of hydrogen-bond acceptors (Lipinski definition) is 3. The zero-order chi connectivity index (χ0) is 22.2. The molecular formula is C22H17Cl2FN2O3S. The van der Waals surface area contributed by atoms with Crippen LogP contribution in [0.15, 0.2) is 71.6 Å². The third-order valence-corrected chi connectivity index (χ3v) is 7.48. The predicted molar refractivity (Wildman–Crippen MR) is 118 cm³/mol. The molecule has 0 aromatic heterocycles. The van der Waals surface area contributed by atoms with Crippen LogP contribution in [0.5, 0.6) is 0 Å². The van der Waals surface area contributed by atoms with E-state index in [9.17, 15) is 17.6 Å². The lowest BCUT2D eigenvalue weighted by molar-refractivity contribution is -0.119. The molecule has 1 aliphatic rings. The molecule has 0 saturated carbocycles. The quantitative estimate of drug-likeness (QED) is 0.537. The minimum Gasteiger partial charge on any atom is -0.305 e. The number of benzene rings is 3. The molecule has 3 aromatic carbocycles. The summed E-state index contributed by atoms with van der Waals surface area (Å²) in [5.74, 6) is -1.07. The summed E-state index contributed by atoms with van der Waals surface area (Å²) >= 11 is 12.0. The molecule has 5 nitrogen and oxygen atoms in total. The van der Waals surface area contributed by atoms with E-state index in [2.05, 4.69) is 0 Å². The molecule has 1 heterocycles. The molecule has 9 heteroatoms. The second-order valence-corrected chi connectivity index (χ2v) is 9.80. The Hall–Kier alpha value is -2.45. The number of rotatable bonds is 4. The second kappa shape index (κ2) is 8.59. The highest BCUT2D eigenvalue weighted by molar-refractivity contribution is 7.89. The maximum Gasteiger partial charge on any atom is 0.245 e. The van der Waals surface area contributed by atoms with Gasteiger partial charge in [-0.25, -0.2) is 12.8 Å². The highest BCUT2D eigenvalue weighted by Gasteiger charge is 2.37. The van der Waals surface area contributed by atoms with Crippen LogP contribution in [0.25, 0.3) is 0 Å². The molecule has 3 aromatic rings. The van der Waals surface area contributed by atoms with Crippen LogP contribution in [0.3, 0.4) is 0 Å². The molecule has 4 rings (SSSR count). The van der Waals surface area contributed by atoms with Crippen molar-refractivity contribution in [2.75, 3.05) is 11.4 Å². The van der Waals surface area contributed by atoms with Crippen molar-refractivity contribution in [2.45, 2.75) is 18.0 Å². The number of carbonyl (C=O) groups is 1. The molecule has 0 unspecified atom stereocenters. The van der Waals surface area contributed by atoms with Gasteiger partial charge in [-0.05, 0) is 42.0 Å². The zero-order valence-electron chi connectivity index (χ0n) is 16.1. The molecule has 1 amide bonds. The van der Waals surface area contributed by atoms with E-state index in [0.717, 1.165) is 9.87 Å². The largest absolute Gasteiger partial charge is 0.305 e. The third kappa shape index (κ3) is 4.32. The summed E-state index contributed by atoms with van der Waals surface area (Å²) in [7, 11) is -4.09. The van der Waals surface area contributed by atoms with E-state index in [4.69, 9.17) is 23.2 Å². The van der Waals surface area contributed by atoms with Gasteiger partial charge in [0.2, 0.25) is 15.9 Å². The maximum atomic E-state index is 14.3. The van der Waals surface area contributed by atoms with E-state index in [-0.39, 0.29) is 34.3 Å². The highest BCUT2D eigenvalue weighted by Crippen LogP contribution is 2.34. The Morgan fingerprint density at radius 1 is 0.903 bits per heavy atom. The minimum atomic E-state index is -4.09. The number of carbonyl (C=O) groups excluding carboxylic acids is 1. The summed E-state index contributed by atoms with van der Waals surface area (Å²) < 4.78 is 42.1. The van der Waals surface area contributed by atoms with Gasteiger partial charge in [-0.3, -0.25) is 4.79 Å². The third-order valence-electron chi connectivity index (χ3n) is 5.04. The van der Waals surface area contributed by atoms with E-state index in [1.165, 1.54) is 29.2 Å². The Kier molecular flexibility index (Phi) is 6.03. The van der Waals surface area contributed by atoms with Crippen LogP contribution >= 0.6 is 23.2 Å². The van der Waals surface area contributed by atoms with E-state index < -0.39 is 28.3 Å². The monoisotopic (exact) mass is 478 g/mol. The minimum absolute atomic E-state index is 0.0178. The number of halogens is 3. The van der Waals surface area contributed by atoms with Crippen molar-refractivity contribution in [2.24, 2.45) is 0 Å². The molecule has 0 bridgehead atoms. The van der Waals surface area contributed by atoms with Crippen molar-refractivity contribution in [3.8, 4) is 0 Å². The molecule has 0 atom stereocenters. The van der Waals surface area contributed by atoms with Crippen molar-refractivity contribution in [3.63, 3.8) is 0 Å². The van der Waals surface area contributed by atoms with Gasteiger partial charge in [0.1, 0.15) is 10.7 Å². The average Bonchev–Trinajstić information content (AvgIpc) is 2.81. The van der Waals surface area contributed by atoms with Gasteiger partial charge in [0, 0.05) is 22.2 Å². The normalized spacial score (nSPS) is 16.1. The predicted octanol–water partition coefficient (Wildman–Crippen LogP) is 4.87. The van der Waals surface area contributed by atoms with Crippen molar-refractivity contribution in [1.82, 2.24) is 4.31 Å². The fourth-order valence-corrected chi connectivity index (χ4v) is 5.34. The van der Waals surface area contributed by atoms with Crippen LogP contribution in [-0.4, -0.2) is 25.2 Å². The standard InChI is InChI=1S/C22H17Cl2FN2O3S/c23-16-10-8-15(9-11-16)12-27-20-6-1-2-7-21(20)31(29,30)26(14-22(27)28)13-17-18(24)4-3-5-19(17)25/h1-11H,12-14H2. The van der Waals surface area contributed by atoms with E-state index in [1.807, 2.05) is 0 Å². The summed E-state index contributed by atoms with van der Waals surface area (Å²) in [6.45, 7) is -0.644. The molecular weight excluding hydrogens is 462 g/mol. The van der Waals surface area contributed by atoms with Crippen molar-refractivity contribution in [1.29, 1.82) is 0 Å². The topological polar surface area (TPSA) is 57.7 Å². The van der Waals surface area contributed by atoms with Gasteiger partial charge in [-0.2, -0.15) is 4.31 Å². The van der Waals surface area contributed by atoms with Gasteiger partial charge in [-0.1, -0.05) is 53.5 Å². The van der Waals surface area contributed by atoms with Gasteiger partial charge < -0.3 is 4.90 Å². The molecule has 0 spiro atoms. The van der Waals surface area contributed by atoms with Gasteiger partial charge >= 0.3 is 0 Å². The van der Waals surface area contributed by atoms with E-state index in [0.29, 0.717) is 5.02 Å². The number of sulfonamides is 1. The van der Waals surface area contributed by atoms with Crippen LogP contribution in [0.4, 0.5) is 10.1 Å². The number of anilines is 1. The first-order valence-corrected chi connectivity index (χ1v) is 11.5. The first kappa shape index (κ1) is 21.8. The SMILES string of the molecule is O=C1CN(Cc2c(F)cccc2Cl)S(=O)(=O)c2ccccc2N1Cc1ccc(Cl)cc1. The fraction of sp³-hybridized carbons (Fsp3) is 0.136. The van der Waals surface area contributed by atoms with E-state index in [1.54, 1.807) is 42.5 Å². The lowest BCUT2D eigenvalue weighted by atomic mass is 10.2. The number of para-hydroxylation sites is 1. The molecule has 0 aliphatic carbocycles. The zero-order valence-corrected chi connectivity index (χ0v) is 18.5. The average molecular weight is 479 g/mol. The van der Waals surface area contributed by atoms with E-state index >= 15 is 0 Å². The lowest BCUT2D eigenvalue weighted by Gasteiger charge is -2.22. The number of fused-ring (bicyclic) bond motifs is 1. The Balaban J connectivity index is 1.77. The van der Waals surface area contributed by atoms with Gasteiger partial charge in [0.15, 0.2) is 0 Å².